The molecule has 2 rings (SSSR count). The summed E-state index contributed by atoms with van der Waals surface area (Å²) in [5, 5.41) is 8.97. The van der Waals surface area contributed by atoms with Crippen molar-refractivity contribution in [3.8, 4) is 11.8 Å². The number of hydrogen-bond donors (Lipinski definition) is 0. The van der Waals surface area contributed by atoms with Crippen LogP contribution in [-0.2, 0) is 0 Å². The van der Waals surface area contributed by atoms with Crippen LogP contribution < -0.4 is 4.74 Å². The van der Waals surface area contributed by atoms with Gasteiger partial charge < -0.3 is 4.74 Å². The average Bonchev–Trinajstić information content (AvgIpc) is 2.46. The number of halogens is 1. The van der Waals surface area contributed by atoms with Gasteiger partial charge in [0.2, 0.25) is 0 Å². The Bertz CT molecular complexity index is 569. The van der Waals surface area contributed by atoms with Crippen molar-refractivity contribution in [2.75, 3.05) is 7.11 Å². The number of nitrogens with zero attached hydrogens (tertiary/aromatic N) is 1. The van der Waals surface area contributed by atoms with Crippen molar-refractivity contribution < 1.29 is 9.13 Å². The van der Waals surface area contributed by atoms with Crippen LogP contribution in [0.5, 0.6) is 5.75 Å². The van der Waals surface area contributed by atoms with Crippen molar-refractivity contribution >= 4 is 0 Å². The molecule has 0 heterocycles. The number of hydrogen-bond acceptors (Lipinski definition) is 2. The van der Waals surface area contributed by atoms with Gasteiger partial charge in [0, 0.05) is 12.3 Å². The van der Waals surface area contributed by atoms with Gasteiger partial charge in [-0.1, -0.05) is 24.3 Å². The molecular weight excluding hydrogens is 241 g/mol. The van der Waals surface area contributed by atoms with Gasteiger partial charge in [-0.3, -0.25) is 0 Å². The Labute approximate surface area is 112 Å². The zero-order valence-corrected chi connectivity index (χ0v) is 10.6. The summed E-state index contributed by atoms with van der Waals surface area (Å²) < 4.78 is 18.1. The first-order chi connectivity index (χ1) is 9.24. The van der Waals surface area contributed by atoms with Gasteiger partial charge in [0.15, 0.2) is 0 Å². The molecule has 1 unspecified atom stereocenters. The third-order valence-corrected chi connectivity index (χ3v) is 3.09. The van der Waals surface area contributed by atoms with Crippen LogP contribution in [0.25, 0.3) is 0 Å². The molecule has 0 radical (unpaired) electrons. The Balaban J connectivity index is 2.33. The van der Waals surface area contributed by atoms with Crippen LogP contribution in [0.4, 0.5) is 4.39 Å². The summed E-state index contributed by atoms with van der Waals surface area (Å²) in [6.45, 7) is 0. The van der Waals surface area contributed by atoms with E-state index in [1.165, 1.54) is 12.1 Å². The van der Waals surface area contributed by atoms with Gasteiger partial charge in [0.1, 0.15) is 11.6 Å². The summed E-state index contributed by atoms with van der Waals surface area (Å²) in [5.74, 6) is 0.462. The van der Waals surface area contributed by atoms with Gasteiger partial charge in [0.25, 0.3) is 0 Å². The van der Waals surface area contributed by atoms with Crippen LogP contribution in [-0.4, -0.2) is 7.11 Å². The Morgan fingerprint density at radius 2 is 1.58 bits per heavy atom. The van der Waals surface area contributed by atoms with Gasteiger partial charge in [-0.15, -0.1) is 0 Å². The quantitative estimate of drug-likeness (QED) is 0.830. The maximum atomic E-state index is 13.0. The highest BCUT2D eigenvalue weighted by atomic mass is 19.1. The SMILES string of the molecule is COc1ccc(C(CC#N)c2ccc(F)cc2)cc1. The second-order valence-corrected chi connectivity index (χ2v) is 4.24. The molecule has 0 aliphatic carbocycles. The molecule has 0 aliphatic rings. The predicted octanol–water partition coefficient (Wildman–Crippen LogP) is 3.88. The molecule has 19 heavy (non-hydrogen) atoms. The second kappa shape index (κ2) is 6.01. The topological polar surface area (TPSA) is 33.0 Å². The molecule has 2 nitrogen and oxygen atoms in total. The second-order valence-electron chi connectivity index (χ2n) is 4.24. The average molecular weight is 255 g/mol. The fourth-order valence-electron chi connectivity index (χ4n) is 2.05. The normalized spacial score (nSPS) is 11.6. The molecule has 2 aromatic carbocycles. The summed E-state index contributed by atoms with van der Waals surface area (Å²) >= 11 is 0. The molecule has 0 bridgehead atoms. The van der Waals surface area contributed by atoms with E-state index in [1.807, 2.05) is 24.3 Å². The zero-order chi connectivity index (χ0) is 13.7. The number of methoxy groups -OCH3 is 1. The van der Waals surface area contributed by atoms with Crippen molar-refractivity contribution in [3.63, 3.8) is 0 Å². The summed E-state index contributed by atoms with van der Waals surface area (Å²) in [6.07, 6.45) is 0.359. The van der Waals surface area contributed by atoms with Crippen molar-refractivity contribution in [2.24, 2.45) is 0 Å². The monoisotopic (exact) mass is 255 g/mol. The van der Waals surface area contributed by atoms with Crippen LogP contribution in [0.15, 0.2) is 48.5 Å². The van der Waals surface area contributed by atoms with Crippen molar-refractivity contribution in [1.82, 2.24) is 0 Å². The van der Waals surface area contributed by atoms with Crippen LogP contribution >= 0.6 is 0 Å². The van der Waals surface area contributed by atoms with Crippen molar-refractivity contribution in [1.29, 1.82) is 5.26 Å². The van der Waals surface area contributed by atoms with E-state index in [1.54, 1.807) is 19.2 Å². The van der Waals surface area contributed by atoms with Crippen LogP contribution in [0.3, 0.4) is 0 Å². The molecular formula is C16H14FNO. The summed E-state index contributed by atoms with van der Waals surface area (Å²) in [4.78, 5) is 0. The first-order valence-electron chi connectivity index (χ1n) is 6.01. The Kier molecular flexibility index (Phi) is 4.15. The van der Waals surface area contributed by atoms with Crippen molar-refractivity contribution in [3.05, 3.63) is 65.5 Å². The van der Waals surface area contributed by atoms with E-state index in [0.717, 1.165) is 16.9 Å². The van der Waals surface area contributed by atoms with Gasteiger partial charge in [0.05, 0.1) is 13.2 Å². The standard InChI is InChI=1S/C16H14FNO/c1-19-15-8-4-13(5-9-15)16(10-11-18)12-2-6-14(17)7-3-12/h2-9,16H,10H2,1H3. The Morgan fingerprint density at radius 3 is 2.05 bits per heavy atom. The number of benzene rings is 2. The highest BCUT2D eigenvalue weighted by molar-refractivity contribution is 5.36. The van der Waals surface area contributed by atoms with E-state index in [-0.39, 0.29) is 11.7 Å². The Morgan fingerprint density at radius 1 is 1.05 bits per heavy atom. The molecule has 0 aromatic heterocycles. The van der Waals surface area contributed by atoms with Gasteiger partial charge in [-0.2, -0.15) is 5.26 Å². The maximum absolute atomic E-state index is 13.0. The zero-order valence-electron chi connectivity index (χ0n) is 10.6. The van der Waals surface area contributed by atoms with E-state index in [4.69, 9.17) is 10.00 Å². The lowest BCUT2D eigenvalue weighted by Gasteiger charge is -2.15. The minimum absolute atomic E-state index is 0.0449. The maximum Gasteiger partial charge on any atom is 0.123 e. The number of rotatable bonds is 4. The molecule has 3 heteroatoms. The molecule has 0 saturated heterocycles. The fraction of sp³-hybridized carbons (Fsp3) is 0.188. The lowest BCUT2D eigenvalue weighted by atomic mass is 9.89. The van der Waals surface area contributed by atoms with Gasteiger partial charge in [-0.25, -0.2) is 4.39 Å². The Hall–Kier alpha value is -2.34. The molecule has 0 saturated carbocycles. The molecule has 96 valence electrons. The molecule has 1 atom stereocenters. The van der Waals surface area contributed by atoms with Crippen LogP contribution in [0.2, 0.25) is 0 Å². The van der Waals surface area contributed by atoms with Crippen LogP contribution in [0.1, 0.15) is 23.5 Å². The molecule has 0 spiro atoms. The molecule has 0 aliphatic heterocycles. The number of ether oxygens (including phenoxy) is 1. The van der Waals surface area contributed by atoms with E-state index in [0.29, 0.717) is 6.42 Å². The van der Waals surface area contributed by atoms with Gasteiger partial charge in [-0.05, 0) is 35.4 Å². The third kappa shape index (κ3) is 3.11. The first kappa shape index (κ1) is 13.1. The third-order valence-electron chi connectivity index (χ3n) is 3.09. The molecule has 0 fully saturated rings. The molecule has 0 N–H and O–H groups in total. The lowest BCUT2D eigenvalue weighted by Crippen LogP contribution is -2.00. The predicted molar refractivity (Wildman–Crippen MR) is 71.5 cm³/mol. The van der Waals surface area contributed by atoms with Gasteiger partial charge >= 0.3 is 0 Å². The largest absolute Gasteiger partial charge is 0.497 e. The summed E-state index contributed by atoms with van der Waals surface area (Å²) in [6, 6.07) is 16.1. The molecule has 2 aromatic rings. The van der Waals surface area contributed by atoms with E-state index in [9.17, 15) is 4.39 Å². The highest BCUT2D eigenvalue weighted by Crippen LogP contribution is 2.29. The summed E-state index contributed by atoms with van der Waals surface area (Å²) in [7, 11) is 1.61. The van der Waals surface area contributed by atoms with E-state index < -0.39 is 0 Å². The lowest BCUT2D eigenvalue weighted by molar-refractivity contribution is 0.414. The molecule has 0 amide bonds. The smallest absolute Gasteiger partial charge is 0.123 e. The van der Waals surface area contributed by atoms with E-state index in [2.05, 4.69) is 6.07 Å². The number of nitriles is 1. The highest BCUT2D eigenvalue weighted by Gasteiger charge is 2.14. The van der Waals surface area contributed by atoms with Crippen molar-refractivity contribution in [2.45, 2.75) is 12.3 Å². The summed E-state index contributed by atoms with van der Waals surface area (Å²) in [5.41, 5.74) is 1.96. The van der Waals surface area contributed by atoms with E-state index >= 15 is 0 Å². The minimum atomic E-state index is -0.269. The van der Waals surface area contributed by atoms with Crippen LogP contribution in [0, 0.1) is 17.1 Å². The minimum Gasteiger partial charge on any atom is -0.497 e. The fourth-order valence-corrected chi connectivity index (χ4v) is 2.05. The first-order valence-corrected chi connectivity index (χ1v) is 6.01.